The fraction of sp³-hybridized carbons (Fsp3) is 0.333. The maximum Gasteiger partial charge on any atom is 0.164 e. The van der Waals surface area contributed by atoms with Crippen molar-refractivity contribution in [3.8, 4) is 17.2 Å². The molecule has 0 saturated carbocycles. The number of oxime groups is 1. The second kappa shape index (κ2) is 3.84. The first-order valence-corrected chi connectivity index (χ1v) is 5.27. The average Bonchev–Trinajstić information content (AvgIpc) is 2.85. The van der Waals surface area contributed by atoms with Gasteiger partial charge in [0.25, 0.3) is 0 Å². The van der Waals surface area contributed by atoms with Gasteiger partial charge in [0.15, 0.2) is 11.5 Å². The summed E-state index contributed by atoms with van der Waals surface area (Å²) in [6.45, 7) is 1.02. The smallest absolute Gasteiger partial charge is 0.164 e. The number of rotatable bonds is 2. The highest BCUT2D eigenvalue weighted by Gasteiger charge is 2.33. The van der Waals surface area contributed by atoms with Crippen LogP contribution in [-0.4, -0.2) is 33.1 Å². The molecule has 2 aliphatic heterocycles. The lowest BCUT2D eigenvalue weighted by Gasteiger charge is -2.22. The maximum atomic E-state index is 5.65. The lowest BCUT2D eigenvalue weighted by Crippen LogP contribution is -2.25. The molecular weight excluding hydrogens is 222 g/mol. The molecule has 1 aromatic carbocycles. The van der Waals surface area contributed by atoms with Crippen molar-refractivity contribution in [2.24, 2.45) is 5.16 Å². The van der Waals surface area contributed by atoms with E-state index in [1.54, 1.807) is 14.2 Å². The number of methoxy groups -OCH3 is 2. The summed E-state index contributed by atoms with van der Waals surface area (Å²) in [7, 11) is 3.20. The van der Waals surface area contributed by atoms with Crippen molar-refractivity contribution < 1.29 is 19.0 Å². The van der Waals surface area contributed by atoms with Crippen LogP contribution in [0.25, 0.3) is 0 Å². The van der Waals surface area contributed by atoms with E-state index in [9.17, 15) is 0 Å². The summed E-state index contributed by atoms with van der Waals surface area (Å²) in [4.78, 5) is 5.08. The third kappa shape index (κ3) is 1.50. The molecular formula is C12H12NO4. The van der Waals surface area contributed by atoms with Gasteiger partial charge in [-0.1, -0.05) is 5.16 Å². The van der Waals surface area contributed by atoms with E-state index in [1.165, 1.54) is 0 Å². The van der Waals surface area contributed by atoms with E-state index in [4.69, 9.17) is 19.0 Å². The zero-order valence-corrected chi connectivity index (χ0v) is 9.65. The average molecular weight is 234 g/mol. The number of ether oxygens (including phenoxy) is 3. The molecule has 0 atom stereocenters. The van der Waals surface area contributed by atoms with Crippen molar-refractivity contribution in [1.29, 1.82) is 0 Å². The number of hydrogen-bond acceptors (Lipinski definition) is 5. The Bertz CT molecular complexity index is 484. The molecule has 17 heavy (non-hydrogen) atoms. The van der Waals surface area contributed by atoms with Crippen LogP contribution in [0.1, 0.15) is 5.56 Å². The van der Waals surface area contributed by atoms with Gasteiger partial charge in [0.2, 0.25) is 0 Å². The molecule has 89 valence electrons. The third-order valence-corrected chi connectivity index (χ3v) is 2.87. The van der Waals surface area contributed by atoms with E-state index in [1.807, 2.05) is 12.1 Å². The van der Waals surface area contributed by atoms with E-state index in [-0.39, 0.29) is 0 Å². The van der Waals surface area contributed by atoms with Crippen LogP contribution < -0.4 is 14.2 Å². The highest BCUT2D eigenvalue weighted by Crippen LogP contribution is 2.39. The van der Waals surface area contributed by atoms with Gasteiger partial charge < -0.3 is 19.0 Å². The van der Waals surface area contributed by atoms with Gasteiger partial charge in [0, 0.05) is 11.6 Å². The minimum atomic E-state index is 0.503. The van der Waals surface area contributed by atoms with Crippen molar-refractivity contribution in [2.75, 3.05) is 27.4 Å². The first-order chi connectivity index (χ1) is 8.33. The fourth-order valence-electron chi connectivity index (χ4n) is 1.99. The first-order valence-electron chi connectivity index (χ1n) is 5.27. The number of hydrogen-bond donors (Lipinski definition) is 0. The maximum absolute atomic E-state index is 5.65. The van der Waals surface area contributed by atoms with Crippen LogP contribution >= 0.6 is 0 Å². The van der Waals surface area contributed by atoms with Gasteiger partial charge in [0.05, 0.1) is 14.2 Å². The summed E-state index contributed by atoms with van der Waals surface area (Å²) in [5.74, 6) is 3.11. The van der Waals surface area contributed by atoms with Crippen LogP contribution in [0.5, 0.6) is 17.2 Å². The molecule has 0 aliphatic carbocycles. The van der Waals surface area contributed by atoms with E-state index < -0.39 is 0 Å². The van der Waals surface area contributed by atoms with Gasteiger partial charge in [-0.15, -0.1) is 0 Å². The van der Waals surface area contributed by atoms with Crippen molar-refractivity contribution in [3.05, 3.63) is 23.6 Å². The molecule has 0 saturated heterocycles. The van der Waals surface area contributed by atoms with Gasteiger partial charge in [-0.3, -0.25) is 0 Å². The molecule has 5 heteroatoms. The summed E-state index contributed by atoms with van der Waals surface area (Å²) >= 11 is 0. The molecule has 0 N–H and O–H groups in total. The molecule has 0 bridgehead atoms. The molecule has 0 unspecified atom stereocenters. The van der Waals surface area contributed by atoms with Gasteiger partial charge in [-0.25, -0.2) is 0 Å². The van der Waals surface area contributed by atoms with Crippen molar-refractivity contribution >= 4 is 5.71 Å². The molecule has 3 rings (SSSR count). The van der Waals surface area contributed by atoms with E-state index in [2.05, 4.69) is 5.16 Å². The van der Waals surface area contributed by atoms with Gasteiger partial charge in [-0.2, -0.15) is 0 Å². The minimum Gasteiger partial charge on any atom is -0.493 e. The Labute approximate surface area is 98.9 Å². The molecule has 0 fully saturated rings. The van der Waals surface area contributed by atoms with Crippen LogP contribution in [-0.2, 0) is 4.84 Å². The predicted molar refractivity (Wildman–Crippen MR) is 60.8 cm³/mol. The third-order valence-electron chi connectivity index (χ3n) is 2.87. The van der Waals surface area contributed by atoms with Gasteiger partial charge in [-0.05, 0) is 6.07 Å². The summed E-state index contributed by atoms with van der Waals surface area (Å²) < 4.78 is 16.1. The molecule has 2 aliphatic rings. The van der Waals surface area contributed by atoms with E-state index in [0.717, 1.165) is 22.9 Å². The molecule has 1 aromatic rings. The Balaban J connectivity index is 2.12. The highest BCUT2D eigenvalue weighted by atomic mass is 16.6. The number of nitrogens with zero attached hydrogens (tertiary/aromatic N) is 1. The van der Waals surface area contributed by atoms with Crippen molar-refractivity contribution in [2.45, 2.75) is 0 Å². The molecule has 5 nitrogen and oxygen atoms in total. The monoisotopic (exact) mass is 234 g/mol. The molecule has 1 radical (unpaired) electrons. The summed E-state index contributed by atoms with van der Waals surface area (Å²) in [5, 5.41) is 4.03. The fourth-order valence-corrected chi connectivity index (χ4v) is 1.99. The Kier molecular flexibility index (Phi) is 2.31. The van der Waals surface area contributed by atoms with Crippen LogP contribution in [0.3, 0.4) is 0 Å². The number of benzene rings is 1. The Hall–Kier alpha value is -1.91. The normalized spacial score (nSPS) is 17.4. The van der Waals surface area contributed by atoms with Crippen molar-refractivity contribution in [1.82, 2.24) is 0 Å². The largest absolute Gasteiger partial charge is 0.493 e. The predicted octanol–water partition coefficient (Wildman–Crippen LogP) is 1.40. The van der Waals surface area contributed by atoms with Crippen LogP contribution in [0.15, 0.2) is 17.3 Å². The quantitative estimate of drug-likeness (QED) is 0.776. The molecule has 2 heterocycles. The standard InChI is InChI=1S/C12H12NO4/c1-14-10-3-8-9(4-11(10)15-2)16-5-7-6-17-13-12(7)8/h3-4H,5-6H2,1-2H3. The second-order valence-electron chi connectivity index (χ2n) is 3.81. The summed E-state index contributed by atoms with van der Waals surface area (Å²) in [5.41, 5.74) is 1.74. The Morgan fingerprint density at radius 2 is 1.88 bits per heavy atom. The lowest BCUT2D eigenvalue weighted by atomic mass is 9.95. The molecule has 0 aromatic heterocycles. The van der Waals surface area contributed by atoms with E-state index >= 15 is 0 Å². The lowest BCUT2D eigenvalue weighted by molar-refractivity contribution is 0.171. The van der Waals surface area contributed by atoms with Crippen LogP contribution in [0.2, 0.25) is 0 Å². The van der Waals surface area contributed by atoms with Crippen LogP contribution in [0, 0.1) is 5.92 Å². The van der Waals surface area contributed by atoms with Gasteiger partial charge >= 0.3 is 0 Å². The molecule has 0 spiro atoms. The van der Waals surface area contributed by atoms with Crippen molar-refractivity contribution in [3.63, 3.8) is 0 Å². The molecule has 0 amide bonds. The zero-order valence-electron chi connectivity index (χ0n) is 9.65. The van der Waals surface area contributed by atoms with E-state index in [0.29, 0.717) is 24.7 Å². The summed E-state index contributed by atoms with van der Waals surface area (Å²) in [6.07, 6.45) is 0. The SMILES string of the molecule is COc1cc2c(cc1OC)C1=NOC[C]1CO2. The Morgan fingerprint density at radius 1 is 1.12 bits per heavy atom. The van der Waals surface area contributed by atoms with Crippen LogP contribution in [0.4, 0.5) is 0 Å². The zero-order chi connectivity index (χ0) is 11.8. The topological polar surface area (TPSA) is 49.3 Å². The highest BCUT2D eigenvalue weighted by molar-refractivity contribution is 6.13. The first kappa shape index (κ1) is 10.3. The second-order valence-corrected chi connectivity index (χ2v) is 3.81. The number of fused-ring (bicyclic) bond motifs is 3. The minimum absolute atomic E-state index is 0.503. The Morgan fingerprint density at radius 3 is 2.65 bits per heavy atom. The van der Waals surface area contributed by atoms with Gasteiger partial charge in [0.1, 0.15) is 30.6 Å². The summed E-state index contributed by atoms with van der Waals surface area (Å²) in [6, 6.07) is 3.67.